The number of hydrogen-bond donors (Lipinski definition) is 2. The van der Waals surface area contributed by atoms with E-state index in [0.717, 1.165) is 0 Å². The zero-order valence-corrected chi connectivity index (χ0v) is 12.1. The van der Waals surface area contributed by atoms with Crippen LogP contribution in [-0.4, -0.2) is 20.7 Å². The van der Waals surface area contributed by atoms with E-state index in [0.29, 0.717) is 16.9 Å². The number of nitrogens with zero attached hydrogens (tertiary/aromatic N) is 1. The van der Waals surface area contributed by atoms with Crippen molar-refractivity contribution in [1.82, 2.24) is 5.16 Å². The number of hydrogen-bond acceptors (Lipinski definition) is 6. The predicted molar refractivity (Wildman–Crippen MR) is 74.2 cm³/mol. The normalized spacial score (nSPS) is 11.3. The van der Waals surface area contributed by atoms with Crippen molar-refractivity contribution in [3.63, 3.8) is 0 Å². The highest BCUT2D eigenvalue weighted by molar-refractivity contribution is 7.92. The van der Waals surface area contributed by atoms with Crippen LogP contribution in [0.15, 0.2) is 27.6 Å². The summed E-state index contributed by atoms with van der Waals surface area (Å²) in [6.45, 7) is 3.43. The van der Waals surface area contributed by atoms with Crippen LogP contribution in [0.25, 0.3) is 0 Å². The second-order valence-corrected chi connectivity index (χ2v) is 5.89. The van der Waals surface area contributed by atoms with Crippen molar-refractivity contribution in [3.8, 4) is 5.75 Å². The molecule has 0 radical (unpaired) electrons. The van der Waals surface area contributed by atoms with Crippen LogP contribution in [0.5, 0.6) is 5.75 Å². The molecule has 2 rings (SSSR count). The van der Waals surface area contributed by atoms with E-state index in [9.17, 15) is 8.42 Å². The van der Waals surface area contributed by atoms with E-state index >= 15 is 0 Å². The maximum atomic E-state index is 12.3. The molecular weight excluding hydrogens is 282 g/mol. The van der Waals surface area contributed by atoms with Gasteiger partial charge in [0, 0.05) is 17.3 Å². The topological polar surface area (TPSA) is 107 Å². The van der Waals surface area contributed by atoms with Crippen LogP contribution in [0.2, 0.25) is 0 Å². The summed E-state index contributed by atoms with van der Waals surface area (Å²) in [6, 6.07) is 4.29. The van der Waals surface area contributed by atoms with Crippen LogP contribution >= 0.6 is 0 Å². The molecule has 0 bridgehead atoms. The lowest BCUT2D eigenvalue weighted by Gasteiger charge is -2.10. The summed E-state index contributed by atoms with van der Waals surface area (Å²) in [5.41, 5.74) is 7.26. The molecular formula is C12H15N3O4S. The highest BCUT2D eigenvalue weighted by Gasteiger charge is 2.23. The summed E-state index contributed by atoms with van der Waals surface area (Å²) in [7, 11) is -2.47. The number of ether oxygens (including phenoxy) is 1. The lowest BCUT2D eigenvalue weighted by atomic mass is 10.3. The van der Waals surface area contributed by atoms with Gasteiger partial charge in [0.1, 0.15) is 10.6 Å². The third-order valence-corrected chi connectivity index (χ3v) is 4.23. The fourth-order valence-electron chi connectivity index (χ4n) is 1.59. The molecule has 2 aromatic rings. The summed E-state index contributed by atoms with van der Waals surface area (Å²) in [5, 5.41) is 3.70. The first-order valence-electron chi connectivity index (χ1n) is 5.74. The molecule has 0 aliphatic rings. The molecule has 0 unspecified atom stereocenters. The first-order chi connectivity index (χ1) is 9.35. The number of anilines is 2. The average Bonchev–Trinajstić information content (AvgIpc) is 2.69. The zero-order valence-electron chi connectivity index (χ0n) is 11.3. The van der Waals surface area contributed by atoms with Gasteiger partial charge in [-0.3, -0.25) is 0 Å². The van der Waals surface area contributed by atoms with Crippen LogP contribution in [0.4, 0.5) is 11.6 Å². The van der Waals surface area contributed by atoms with Crippen LogP contribution < -0.4 is 15.2 Å². The van der Waals surface area contributed by atoms with Crippen LogP contribution in [0, 0.1) is 13.8 Å². The second kappa shape index (κ2) is 5.04. The minimum Gasteiger partial charge on any atom is -0.495 e. The third kappa shape index (κ3) is 2.55. The van der Waals surface area contributed by atoms with E-state index in [1.54, 1.807) is 13.8 Å². The number of rotatable bonds is 4. The first-order valence-corrected chi connectivity index (χ1v) is 7.22. The van der Waals surface area contributed by atoms with Gasteiger partial charge in [-0.05, 0) is 26.0 Å². The number of nitrogens with two attached hydrogens (primary N) is 1. The van der Waals surface area contributed by atoms with Gasteiger partial charge in [0.2, 0.25) is 5.88 Å². The molecule has 0 saturated carbocycles. The highest BCUT2D eigenvalue weighted by atomic mass is 32.2. The van der Waals surface area contributed by atoms with Crippen LogP contribution in [-0.2, 0) is 10.0 Å². The largest absolute Gasteiger partial charge is 0.495 e. The number of benzene rings is 1. The van der Waals surface area contributed by atoms with Crippen molar-refractivity contribution >= 4 is 21.6 Å². The van der Waals surface area contributed by atoms with E-state index in [1.165, 1.54) is 25.3 Å². The highest BCUT2D eigenvalue weighted by Crippen LogP contribution is 2.29. The Hall–Kier alpha value is -2.22. The predicted octanol–water partition coefficient (Wildman–Crippen LogP) is 1.68. The summed E-state index contributed by atoms with van der Waals surface area (Å²) in [6.07, 6.45) is 0. The van der Waals surface area contributed by atoms with Gasteiger partial charge in [0.15, 0.2) is 0 Å². The fraction of sp³-hybridized carbons (Fsp3) is 0.250. The molecule has 0 amide bonds. The van der Waals surface area contributed by atoms with Crippen molar-refractivity contribution < 1.29 is 17.7 Å². The molecule has 0 aliphatic heterocycles. The molecule has 0 spiro atoms. The molecule has 8 heteroatoms. The monoisotopic (exact) mass is 297 g/mol. The lowest BCUT2D eigenvalue weighted by molar-refractivity contribution is 0.403. The quantitative estimate of drug-likeness (QED) is 0.831. The maximum absolute atomic E-state index is 12.3. The third-order valence-electron chi connectivity index (χ3n) is 2.86. The zero-order chi connectivity index (χ0) is 14.9. The average molecular weight is 297 g/mol. The summed E-state index contributed by atoms with van der Waals surface area (Å²) in [4.78, 5) is -0.0253. The Kier molecular flexibility index (Phi) is 3.58. The number of nitrogens with one attached hydrogen (secondary N) is 1. The Bertz CT molecular complexity index is 737. The van der Waals surface area contributed by atoms with Crippen molar-refractivity contribution in [2.75, 3.05) is 17.6 Å². The maximum Gasteiger partial charge on any atom is 0.267 e. The van der Waals surface area contributed by atoms with E-state index in [-0.39, 0.29) is 16.5 Å². The van der Waals surface area contributed by atoms with Crippen molar-refractivity contribution in [2.24, 2.45) is 0 Å². The van der Waals surface area contributed by atoms with Gasteiger partial charge in [-0.25, -0.2) is 13.1 Å². The molecule has 20 heavy (non-hydrogen) atoms. The summed E-state index contributed by atoms with van der Waals surface area (Å²) >= 11 is 0. The van der Waals surface area contributed by atoms with Gasteiger partial charge in [0.25, 0.3) is 10.0 Å². The molecule has 1 aromatic heterocycles. The van der Waals surface area contributed by atoms with Gasteiger partial charge in [0.05, 0.1) is 12.8 Å². The van der Waals surface area contributed by atoms with Crippen molar-refractivity contribution in [1.29, 1.82) is 0 Å². The SMILES string of the molecule is COc1cc(N)ccc1S(=O)(=O)Nc1onc(C)c1C. The molecule has 0 aliphatic carbocycles. The van der Waals surface area contributed by atoms with Crippen molar-refractivity contribution in [3.05, 3.63) is 29.5 Å². The fourth-order valence-corrected chi connectivity index (χ4v) is 2.79. The van der Waals surface area contributed by atoms with Gasteiger partial charge < -0.3 is 15.0 Å². The molecule has 0 saturated heterocycles. The molecule has 1 heterocycles. The van der Waals surface area contributed by atoms with Crippen LogP contribution in [0.1, 0.15) is 11.3 Å². The summed E-state index contributed by atoms with van der Waals surface area (Å²) in [5.74, 6) is 0.243. The van der Waals surface area contributed by atoms with Gasteiger partial charge in [-0.2, -0.15) is 0 Å². The molecule has 3 N–H and O–H groups in total. The Labute approximate surface area is 116 Å². The first kappa shape index (κ1) is 14.2. The second-order valence-electron chi connectivity index (χ2n) is 4.24. The van der Waals surface area contributed by atoms with Crippen molar-refractivity contribution in [2.45, 2.75) is 18.7 Å². The minimum absolute atomic E-state index is 0.0253. The lowest BCUT2D eigenvalue weighted by Crippen LogP contribution is -2.14. The number of aryl methyl sites for hydroxylation is 1. The van der Waals surface area contributed by atoms with E-state index < -0.39 is 10.0 Å². The molecule has 0 atom stereocenters. The summed E-state index contributed by atoms with van der Waals surface area (Å²) < 4.78 is 37.0. The number of nitrogen functional groups attached to an aromatic ring is 1. The standard InChI is InChI=1S/C12H15N3O4S/c1-7-8(2)14-19-12(7)15-20(16,17)11-5-4-9(13)6-10(11)18-3/h4-6,15H,13H2,1-3H3. The molecule has 7 nitrogen and oxygen atoms in total. The van der Waals surface area contributed by atoms with Gasteiger partial charge in [-0.1, -0.05) is 5.16 Å². The Morgan fingerprint density at radius 2 is 2.05 bits per heavy atom. The van der Waals surface area contributed by atoms with E-state index in [4.69, 9.17) is 15.0 Å². The minimum atomic E-state index is -3.85. The van der Waals surface area contributed by atoms with E-state index in [2.05, 4.69) is 9.88 Å². The molecule has 1 aromatic carbocycles. The van der Waals surface area contributed by atoms with Gasteiger partial charge in [-0.15, -0.1) is 0 Å². The number of methoxy groups -OCH3 is 1. The van der Waals surface area contributed by atoms with E-state index in [1.807, 2.05) is 0 Å². The number of sulfonamides is 1. The molecule has 0 fully saturated rings. The number of aromatic nitrogens is 1. The van der Waals surface area contributed by atoms with Crippen LogP contribution in [0.3, 0.4) is 0 Å². The molecule has 108 valence electrons. The Balaban J connectivity index is 2.43. The van der Waals surface area contributed by atoms with Gasteiger partial charge >= 0.3 is 0 Å². The smallest absolute Gasteiger partial charge is 0.267 e. The Morgan fingerprint density at radius 1 is 1.35 bits per heavy atom. The Morgan fingerprint density at radius 3 is 2.60 bits per heavy atom.